The van der Waals surface area contributed by atoms with Crippen LogP contribution in [0.2, 0.25) is 5.02 Å². The molecule has 1 aromatic heterocycles. The highest BCUT2D eigenvalue weighted by Gasteiger charge is 2.08. The minimum absolute atomic E-state index is 0.123. The van der Waals surface area contributed by atoms with Crippen LogP contribution < -0.4 is 16.0 Å². The van der Waals surface area contributed by atoms with Crippen LogP contribution in [0.15, 0.2) is 30.5 Å². The van der Waals surface area contributed by atoms with Gasteiger partial charge in [0.15, 0.2) is 11.6 Å². The third-order valence-electron chi connectivity index (χ3n) is 2.01. The summed E-state index contributed by atoms with van der Waals surface area (Å²) in [5.41, 5.74) is 8.05. The van der Waals surface area contributed by atoms with Gasteiger partial charge in [-0.1, -0.05) is 11.6 Å². The van der Waals surface area contributed by atoms with Gasteiger partial charge in [0.25, 0.3) is 0 Å². The molecule has 0 aliphatic rings. The van der Waals surface area contributed by atoms with Crippen LogP contribution in [-0.4, -0.2) is 17.1 Å². The summed E-state index contributed by atoms with van der Waals surface area (Å²) in [5, 5.41) is 0.631. The lowest BCUT2D eigenvalue weighted by Gasteiger charge is -2.10. The monoisotopic (exact) mass is 266 g/mol. The molecule has 1 aromatic carbocycles. The van der Waals surface area contributed by atoms with E-state index >= 15 is 0 Å². The first-order valence-corrected chi connectivity index (χ1v) is 5.42. The molecule has 3 N–H and O–H groups in total. The Bertz CT molecular complexity index is 533. The highest BCUT2D eigenvalue weighted by Crippen LogP contribution is 2.28. The van der Waals surface area contributed by atoms with E-state index in [4.69, 9.17) is 26.9 Å². The van der Waals surface area contributed by atoms with Crippen molar-refractivity contribution in [2.24, 2.45) is 0 Å². The number of hydrogen-bond donors (Lipinski definition) is 2. The highest BCUT2D eigenvalue weighted by molar-refractivity contribution is 6.30. The summed E-state index contributed by atoms with van der Waals surface area (Å²) < 4.78 is 5.59. The maximum atomic E-state index is 5.79. The first-order valence-electron chi connectivity index (χ1n) is 5.04. The van der Waals surface area contributed by atoms with E-state index in [2.05, 4.69) is 15.4 Å². The van der Waals surface area contributed by atoms with E-state index in [0.29, 0.717) is 22.3 Å². The van der Waals surface area contributed by atoms with E-state index in [9.17, 15) is 0 Å². The zero-order chi connectivity index (χ0) is 13.0. The maximum absolute atomic E-state index is 5.79. The van der Waals surface area contributed by atoms with E-state index in [1.165, 1.54) is 13.3 Å². The largest absolute Gasteiger partial charge is 0.452 e. The summed E-state index contributed by atoms with van der Waals surface area (Å²) in [5.74, 6) is 1.47. The number of anilines is 2. The van der Waals surface area contributed by atoms with Crippen LogP contribution in [0, 0.1) is 0 Å². The summed E-state index contributed by atoms with van der Waals surface area (Å²) >= 11 is 5.79. The lowest BCUT2D eigenvalue weighted by atomic mass is 10.3. The molecule has 0 saturated carbocycles. The van der Waals surface area contributed by atoms with E-state index in [-0.39, 0.29) is 5.95 Å². The van der Waals surface area contributed by atoms with Crippen LogP contribution >= 0.6 is 11.6 Å². The van der Waals surface area contributed by atoms with Gasteiger partial charge in [0, 0.05) is 5.02 Å². The number of nitrogens with two attached hydrogens (primary N) is 1. The first kappa shape index (κ1) is 12.4. The molecule has 0 bridgehead atoms. The Morgan fingerprint density at radius 3 is 2.67 bits per heavy atom. The van der Waals surface area contributed by atoms with Crippen molar-refractivity contribution in [1.82, 2.24) is 9.97 Å². The fourth-order valence-corrected chi connectivity index (χ4v) is 1.38. The molecule has 1 heterocycles. The molecule has 6 nitrogen and oxygen atoms in total. The molecular weight excluding hydrogens is 256 g/mol. The topological polar surface area (TPSA) is 82.3 Å². The van der Waals surface area contributed by atoms with Crippen LogP contribution in [0.4, 0.5) is 11.8 Å². The van der Waals surface area contributed by atoms with Crippen molar-refractivity contribution in [3.63, 3.8) is 0 Å². The van der Waals surface area contributed by atoms with E-state index < -0.39 is 0 Å². The summed E-state index contributed by atoms with van der Waals surface area (Å²) in [6.45, 7) is 0. The zero-order valence-electron chi connectivity index (χ0n) is 9.55. The lowest BCUT2D eigenvalue weighted by Crippen LogP contribution is -2.04. The third-order valence-corrected chi connectivity index (χ3v) is 2.27. The average molecular weight is 267 g/mol. The predicted molar refractivity (Wildman–Crippen MR) is 68.6 cm³/mol. The minimum Gasteiger partial charge on any atom is -0.452 e. The molecule has 2 aromatic rings. The fraction of sp³-hybridized carbons (Fsp3) is 0.0909. The molecule has 0 aliphatic heterocycles. The molecule has 0 saturated heterocycles. The molecule has 0 atom stereocenters. The molecule has 2 rings (SSSR count). The van der Waals surface area contributed by atoms with E-state index in [1.54, 1.807) is 24.3 Å². The highest BCUT2D eigenvalue weighted by atomic mass is 35.5. The zero-order valence-corrected chi connectivity index (χ0v) is 10.3. The maximum Gasteiger partial charge on any atom is 0.222 e. The molecule has 0 spiro atoms. The third kappa shape index (κ3) is 2.99. The van der Waals surface area contributed by atoms with Gasteiger partial charge < -0.3 is 10.5 Å². The Balaban J connectivity index is 2.25. The Labute approximate surface area is 109 Å². The van der Waals surface area contributed by atoms with Crippen LogP contribution in [0.1, 0.15) is 0 Å². The number of hydrogen-bond acceptors (Lipinski definition) is 6. The Morgan fingerprint density at radius 2 is 2.00 bits per heavy atom. The van der Waals surface area contributed by atoms with E-state index in [0.717, 1.165) is 0 Å². The Hall–Kier alpha value is -2.05. The van der Waals surface area contributed by atoms with Crippen molar-refractivity contribution in [1.29, 1.82) is 0 Å². The van der Waals surface area contributed by atoms with Gasteiger partial charge in [-0.3, -0.25) is 4.84 Å². The average Bonchev–Trinajstić information content (AvgIpc) is 2.36. The number of nitrogens with one attached hydrogen (secondary N) is 1. The minimum atomic E-state index is 0.123. The predicted octanol–water partition coefficient (Wildman–Crippen LogP) is 2.48. The second kappa shape index (κ2) is 5.52. The van der Waals surface area contributed by atoms with Crippen molar-refractivity contribution in [2.45, 2.75) is 0 Å². The smallest absolute Gasteiger partial charge is 0.222 e. The lowest BCUT2D eigenvalue weighted by molar-refractivity contribution is 0.267. The van der Waals surface area contributed by atoms with Crippen molar-refractivity contribution < 1.29 is 9.57 Å². The number of nitrogens with zero attached hydrogens (tertiary/aromatic N) is 2. The van der Waals surface area contributed by atoms with Crippen molar-refractivity contribution in [3.05, 3.63) is 35.5 Å². The van der Waals surface area contributed by atoms with Gasteiger partial charge in [-0.25, -0.2) is 10.5 Å². The van der Waals surface area contributed by atoms with E-state index in [1.807, 2.05) is 0 Å². The van der Waals surface area contributed by atoms with Crippen LogP contribution in [-0.2, 0) is 4.84 Å². The van der Waals surface area contributed by atoms with Gasteiger partial charge in [-0.15, -0.1) is 0 Å². The number of rotatable bonds is 4. The van der Waals surface area contributed by atoms with Gasteiger partial charge in [-0.05, 0) is 24.3 Å². The molecule has 18 heavy (non-hydrogen) atoms. The number of benzene rings is 1. The molecule has 94 valence electrons. The number of aromatic nitrogens is 2. The van der Waals surface area contributed by atoms with Crippen LogP contribution in [0.3, 0.4) is 0 Å². The standard InChI is InChI=1S/C11H11ClN4O2/c1-17-16-10-9(6-14-11(13)15-10)18-8-4-2-7(12)3-5-8/h2-6H,1H3,(H3,13,14,15,16). The van der Waals surface area contributed by atoms with Crippen molar-refractivity contribution >= 4 is 23.4 Å². The van der Waals surface area contributed by atoms with Gasteiger partial charge in [0.05, 0.1) is 13.3 Å². The SMILES string of the molecule is CONc1nc(N)ncc1Oc1ccc(Cl)cc1. The van der Waals surface area contributed by atoms with Crippen LogP contribution in [0.5, 0.6) is 11.5 Å². The molecule has 0 fully saturated rings. The summed E-state index contributed by atoms with van der Waals surface area (Å²) in [7, 11) is 1.46. The summed E-state index contributed by atoms with van der Waals surface area (Å²) in [6.07, 6.45) is 1.46. The van der Waals surface area contributed by atoms with Gasteiger partial charge >= 0.3 is 0 Å². The number of nitrogen functional groups attached to an aromatic ring is 1. The van der Waals surface area contributed by atoms with Gasteiger partial charge in [0.2, 0.25) is 5.95 Å². The molecule has 0 radical (unpaired) electrons. The van der Waals surface area contributed by atoms with Crippen molar-refractivity contribution in [3.8, 4) is 11.5 Å². The molecule has 0 aliphatic carbocycles. The molecule has 0 amide bonds. The molecule has 0 unspecified atom stereocenters. The summed E-state index contributed by atoms with van der Waals surface area (Å²) in [4.78, 5) is 12.6. The van der Waals surface area contributed by atoms with Gasteiger partial charge in [-0.2, -0.15) is 4.98 Å². The Kier molecular flexibility index (Phi) is 3.81. The quantitative estimate of drug-likeness (QED) is 0.828. The van der Waals surface area contributed by atoms with Crippen molar-refractivity contribution in [2.75, 3.05) is 18.3 Å². The second-order valence-electron chi connectivity index (χ2n) is 3.30. The first-order chi connectivity index (χ1) is 8.69. The normalized spacial score (nSPS) is 10.1. The summed E-state index contributed by atoms with van der Waals surface area (Å²) in [6, 6.07) is 6.90. The molecule has 7 heteroatoms. The molecular formula is C11H11ClN4O2. The Morgan fingerprint density at radius 1 is 1.28 bits per heavy atom. The van der Waals surface area contributed by atoms with Gasteiger partial charge in [0.1, 0.15) is 5.75 Å². The number of ether oxygens (including phenoxy) is 1. The van der Waals surface area contributed by atoms with Crippen LogP contribution in [0.25, 0.3) is 0 Å². The number of halogens is 1. The fourth-order valence-electron chi connectivity index (χ4n) is 1.26. The second-order valence-corrected chi connectivity index (χ2v) is 3.74.